The van der Waals surface area contributed by atoms with Gasteiger partial charge in [0.05, 0.1) is 12.2 Å². The minimum atomic E-state index is 0.221. The molecule has 3 nitrogen and oxygen atoms in total. The molecule has 2 aliphatic rings. The molecule has 0 aromatic rings. The second kappa shape index (κ2) is 5.99. The lowest BCUT2D eigenvalue weighted by atomic mass is 9.94. The molecule has 0 bridgehead atoms. The van der Waals surface area contributed by atoms with Crippen molar-refractivity contribution in [2.45, 2.75) is 63.7 Å². The van der Waals surface area contributed by atoms with E-state index >= 15 is 0 Å². The predicted molar refractivity (Wildman–Crippen MR) is 64.3 cm³/mol. The molecule has 2 saturated heterocycles. The molecule has 16 heavy (non-hydrogen) atoms. The van der Waals surface area contributed by atoms with Crippen molar-refractivity contribution in [3.63, 3.8) is 0 Å². The summed E-state index contributed by atoms with van der Waals surface area (Å²) in [4.78, 5) is 0. The van der Waals surface area contributed by atoms with E-state index < -0.39 is 0 Å². The summed E-state index contributed by atoms with van der Waals surface area (Å²) in [6, 6.07) is 0.221. The molecule has 0 saturated carbocycles. The number of nitrogens with two attached hydrogens (primary N) is 1. The Balaban J connectivity index is 1.61. The second-order valence-electron chi connectivity index (χ2n) is 5.33. The number of ether oxygens (including phenoxy) is 2. The molecular weight excluding hydrogens is 202 g/mol. The van der Waals surface area contributed by atoms with E-state index in [1.54, 1.807) is 0 Å². The summed E-state index contributed by atoms with van der Waals surface area (Å²) in [6.45, 7) is 4.10. The van der Waals surface area contributed by atoms with Gasteiger partial charge in [-0.25, -0.2) is 0 Å². The Hall–Kier alpha value is -0.120. The Labute approximate surface area is 98.7 Å². The quantitative estimate of drug-likeness (QED) is 0.782. The van der Waals surface area contributed by atoms with Crippen molar-refractivity contribution in [3.8, 4) is 0 Å². The van der Waals surface area contributed by atoms with Crippen LogP contribution in [0.2, 0.25) is 0 Å². The molecule has 3 heteroatoms. The Morgan fingerprint density at radius 1 is 1.25 bits per heavy atom. The normalized spacial score (nSPS) is 36.8. The molecule has 0 spiro atoms. The summed E-state index contributed by atoms with van der Waals surface area (Å²) >= 11 is 0. The highest BCUT2D eigenvalue weighted by Gasteiger charge is 2.29. The maximum absolute atomic E-state index is 6.19. The zero-order valence-corrected chi connectivity index (χ0v) is 10.4. The molecular formula is C13H25NO2. The molecule has 4 unspecified atom stereocenters. The molecule has 94 valence electrons. The fourth-order valence-corrected chi connectivity index (χ4v) is 2.88. The van der Waals surface area contributed by atoms with E-state index in [0.717, 1.165) is 19.6 Å². The fraction of sp³-hybridized carbons (Fsp3) is 1.00. The van der Waals surface area contributed by atoms with Crippen LogP contribution in [0.5, 0.6) is 0 Å². The van der Waals surface area contributed by atoms with Crippen molar-refractivity contribution in [2.75, 3.05) is 13.2 Å². The van der Waals surface area contributed by atoms with Gasteiger partial charge in [-0.05, 0) is 44.4 Å². The molecule has 0 radical (unpaired) electrons. The third-order valence-corrected chi connectivity index (χ3v) is 3.95. The first-order valence-electron chi connectivity index (χ1n) is 6.76. The van der Waals surface area contributed by atoms with Crippen molar-refractivity contribution >= 4 is 0 Å². The van der Waals surface area contributed by atoms with Crippen LogP contribution in [0.15, 0.2) is 0 Å². The van der Waals surface area contributed by atoms with Gasteiger partial charge in [-0.2, -0.15) is 0 Å². The van der Waals surface area contributed by atoms with Gasteiger partial charge in [0.25, 0.3) is 0 Å². The third kappa shape index (κ3) is 3.19. The van der Waals surface area contributed by atoms with Crippen molar-refractivity contribution < 1.29 is 9.47 Å². The van der Waals surface area contributed by atoms with Gasteiger partial charge < -0.3 is 15.2 Å². The van der Waals surface area contributed by atoms with Crippen LogP contribution >= 0.6 is 0 Å². The van der Waals surface area contributed by atoms with Gasteiger partial charge in [0, 0.05) is 19.3 Å². The standard InChI is InChI=1S/C13H25NO2/c1-10-7-9-16-13(10)12(14)6-2-4-11-5-3-8-15-11/h10-13H,2-9,14H2,1H3. The Morgan fingerprint density at radius 2 is 2.12 bits per heavy atom. The molecule has 2 aliphatic heterocycles. The van der Waals surface area contributed by atoms with E-state index in [-0.39, 0.29) is 6.04 Å². The van der Waals surface area contributed by atoms with Gasteiger partial charge in [0.15, 0.2) is 0 Å². The van der Waals surface area contributed by atoms with Crippen LogP contribution in [-0.2, 0) is 9.47 Å². The lowest BCUT2D eigenvalue weighted by Gasteiger charge is -2.22. The van der Waals surface area contributed by atoms with Gasteiger partial charge >= 0.3 is 0 Å². The van der Waals surface area contributed by atoms with Crippen molar-refractivity contribution in [2.24, 2.45) is 11.7 Å². The molecule has 2 fully saturated rings. The van der Waals surface area contributed by atoms with Gasteiger partial charge in [-0.15, -0.1) is 0 Å². The maximum Gasteiger partial charge on any atom is 0.0752 e. The molecule has 0 aromatic heterocycles. The third-order valence-electron chi connectivity index (χ3n) is 3.95. The topological polar surface area (TPSA) is 44.5 Å². The van der Waals surface area contributed by atoms with Gasteiger partial charge in [0.2, 0.25) is 0 Å². The number of hydrogen-bond donors (Lipinski definition) is 1. The van der Waals surface area contributed by atoms with Crippen LogP contribution in [0, 0.1) is 5.92 Å². The second-order valence-corrected chi connectivity index (χ2v) is 5.33. The zero-order valence-electron chi connectivity index (χ0n) is 10.4. The molecule has 0 aromatic carbocycles. The average Bonchev–Trinajstić information content (AvgIpc) is 2.88. The van der Waals surface area contributed by atoms with Crippen molar-refractivity contribution in [3.05, 3.63) is 0 Å². The van der Waals surface area contributed by atoms with Crippen LogP contribution in [0.25, 0.3) is 0 Å². The van der Waals surface area contributed by atoms with Crippen LogP contribution in [-0.4, -0.2) is 31.5 Å². The summed E-state index contributed by atoms with van der Waals surface area (Å²) in [5, 5.41) is 0. The van der Waals surface area contributed by atoms with E-state index in [0.29, 0.717) is 18.1 Å². The summed E-state index contributed by atoms with van der Waals surface area (Å²) in [6.07, 6.45) is 7.88. The minimum Gasteiger partial charge on any atom is -0.378 e. The summed E-state index contributed by atoms with van der Waals surface area (Å²) < 4.78 is 11.3. The smallest absolute Gasteiger partial charge is 0.0752 e. The van der Waals surface area contributed by atoms with E-state index in [9.17, 15) is 0 Å². The summed E-state index contributed by atoms with van der Waals surface area (Å²) in [5.74, 6) is 0.637. The SMILES string of the molecule is CC1CCOC1C(N)CCCC1CCCO1. The van der Waals surface area contributed by atoms with Gasteiger partial charge in [-0.3, -0.25) is 0 Å². The number of rotatable bonds is 5. The average molecular weight is 227 g/mol. The first kappa shape index (κ1) is 12.3. The molecule has 0 amide bonds. The molecule has 2 rings (SSSR count). The van der Waals surface area contributed by atoms with E-state index in [1.165, 1.54) is 32.1 Å². The summed E-state index contributed by atoms with van der Waals surface area (Å²) in [7, 11) is 0. The van der Waals surface area contributed by atoms with Crippen LogP contribution in [0.1, 0.15) is 45.4 Å². The highest BCUT2D eigenvalue weighted by Crippen LogP contribution is 2.25. The lowest BCUT2D eigenvalue weighted by Crippen LogP contribution is -2.37. The van der Waals surface area contributed by atoms with Crippen LogP contribution in [0.3, 0.4) is 0 Å². The van der Waals surface area contributed by atoms with Gasteiger partial charge in [-0.1, -0.05) is 6.92 Å². The largest absolute Gasteiger partial charge is 0.378 e. The van der Waals surface area contributed by atoms with Gasteiger partial charge in [0.1, 0.15) is 0 Å². The van der Waals surface area contributed by atoms with Crippen LogP contribution in [0.4, 0.5) is 0 Å². The first-order chi connectivity index (χ1) is 7.77. The molecule has 0 aliphatic carbocycles. The predicted octanol–water partition coefficient (Wildman–Crippen LogP) is 2.09. The highest BCUT2D eigenvalue weighted by molar-refractivity contribution is 4.82. The minimum absolute atomic E-state index is 0.221. The van der Waals surface area contributed by atoms with E-state index in [2.05, 4.69) is 6.92 Å². The maximum atomic E-state index is 6.19. The fourth-order valence-electron chi connectivity index (χ4n) is 2.88. The molecule has 4 atom stereocenters. The molecule has 2 heterocycles. The first-order valence-corrected chi connectivity index (χ1v) is 6.76. The Morgan fingerprint density at radius 3 is 2.75 bits per heavy atom. The van der Waals surface area contributed by atoms with E-state index in [1.807, 2.05) is 0 Å². The molecule has 2 N–H and O–H groups in total. The van der Waals surface area contributed by atoms with Crippen LogP contribution < -0.4 is 5.73 Å². The highest BCUT2D eigenvalue weighted by atomic mass is 16.5. The van der Waals surface area contributed by atoms with Crippen molar-refractivity contribution in [1.82, 2.24) is 0 Å². The lowest BCUT2D eigenvalue weighted by molar-refractivity contribution is 0.0654. The summed E-state index contributed by atoms with van der Waals surface area (Å²) in [5.41, 5.74) is 6.19. The Bertz CT molecular complexity index is 204. The monoisotopic (exact) mass is 227 g/mol. The van der Waals surface area contributed by atoms with Crippen molar-refractivity contribution in [1.29, 1.82) is 0 Å². The Kier molecular flexibility index (Phi) is 4.62. The zero-order chi connectivity index (χ0) is 11.4. The number of hydrogen-bond acceptors (Lipinski definition) is 3. The van der Waals surface area contributed by atoms with E-state index in [4.69, 9.17) is 15.2 Å².